The van der Waals surface area contributed by atoms with Gasteiger partial charge in [0, 0.05) is 18.1 Å². The summed E-state index contributed by atoms with van der Waals surface area (Å²) in [5.74, 6) is -0.146. The number of rotatable bonds is 3. The minimum Gasteiger partial charge on any atom is -1.00 e. The highest BCUT2D eigenvalue weighted by Gasteiger charge is 2.20. The second-order valence-electron chi connectivity index (χ2n) is 4.80. The number of hydrogen-bond donors (Lipinski definition) is 0. The van der Waals surface area contributed by atoms with E-state index in [1.165, 1.54) is 0 Å². The molecule has 0 saturated carbocycles. The Hall–Kier alpha value is -0.770. The first-order chi connectivity index (χ1) is 8.63. The van der Waals surface area contributed by atoms with Crippen LogP contribution in [0.1, 0.15) is 18.4 Å². The monoisotopic (exact) mass is 302 g/mol. The van der Waals surface area contributed by atoms with Crippen LogP contribution in [0.4, 0.5) is 0 Å². The van der Waals surface area contributed by atoms with Crippen molar-refractivity contribution >= 4 is 17.6 Å². The molecule has 2 rings (SSSR count). The molecule has 0 atom stereocenters. The molecule has 1 saturated heterocycles. The Balaban J connectivity index is 0.00000180. The number of hydrogen-bond acceptors (Lipinski definition) is 3. The van der Waals surface area contributed by atoms with Crippen molar-refractivity contribution in [1.29, 1.82) is 0 Å². The van der Waals surface area contributed by atoms with Crippen LogP contribution in [0.2, 0.25) is 5.02 Å². The lowest BCUT2D eigenvalue weighted by molar-refractivity contribution is -0.150. The van der Waals surface area contributed by atoms with Gasteiger partial charge in [0.2, 0.25) is 0 Å². The molecule has 106 valence electrons. The molecule has 0 amide bonds. The molecule has 0 spiro atoms. The maximum absolute atomic E-state index is 11.8. The fourth-order valence-corrected chi connectivity index (χ4v) is 2.23. The van der Waals surface area contributed by atoms with Crippen LogP contribution in [-0.2, 0) is 16.0 Å². The van der Waals surface area contributed by atoms with E-state index in [1.54, 1.807) is 12.1 Å². The third-order valence-corrected chi connectivity index (χ3v) is 3.48. The zero-order valence-electron chi connectivity index (χ0n) is 10.9. The van der Waals surface area contributed by atoms with Gasteiger partial charge in [-0.1, -0.05) is 23.7 Å². The number of halogens is 2. The van der Waals surface area contributed by atoms with E-state index >= 15 is 0 Å². The van der Waals surface area contributed by atoms with Crippen LogP contribution in [0.15, 0.2) is 24.3 Å². The summed E-state index contributed by atoms with van der Waals surface area (Å²) in [5, 5.41) is 0.683. The Labute approximate surface area is 125 Å². The van der Waals surface area contributed by atoms with Crippen LogP contribution >= 0.6 is 11.6 Å². The van der Waals surface area contributed by atoms with Gasteiger partial charge in [-0.15, -0.1) is 0 Å². The van der Waals surface area contributed by atoms with Crippen molar-refractivity contribution in [2.45, 2.75) is 25.4 Å². The van der Waals surface area contributed by atoms with E-state index in [-0.39, 0.29) is 24.5 Å². The predicted octanol–water partition coefficient (Wildman–Crippen LogP) is -0.476. The van der Waals surface area contributed by atoms with Crippen molar-refractivity contribution in [3.8, 4) is 0 Å². The lowest BCUT2D eigenvalue weighted by atomic mass is 10.1. The molecular weight excluding hydrogens is 285 g/mol. The Morgan fingerprint density at radius 2 is 1.89 bits per heavy atom. The zero-order chi connectivity index (χ0) is 13.0. The van der Waals surface area contributed by atoms with E-state index in [4.69, 9.17) is 16.3 Å². The van der Waals surface area contributed by atoms with Gasteiger partial charge in [0.15, 0.2) is 0 Å². The maximum Gasteiger partial charge on any atom is 0.310 e. The van der Waals surface area contributed by atoms with Gasteiger partial charge in [-0.25, -0.2) is 0 Å². The zero-order valence-corrected chi connectivity index (χ0v) is 12.5. The van der Waals surface area contributed by atoms with Crippen molar-refractivity contribution in [2.75, 3.05) is 20.1 Å². The van der Waals surface area contributed by atoms with Crippen LogP contribution in [0.5, 0.6) is 0 Å². The minimum absolute atomic E-state index is 0. The van der Waals surface area contributed by atoms with Crippen molar-refractivity contribution < 1.29 is 21.9 Å². The Morgan fingerprint density at radius 3 is 2.47 bits per heavy atom. The van der Waals surface area contributed by atoms with Crippen molar-refractivity contribution in [3.05, 3.63) is 34.9 Å². The summed E-state index contributed by atoms with van der Waals surface area (Å²) in [4.78, 5) is 14.0. The molecule has 1 aromatic carbocycles. The average Bonchev–Trinajstić information content (AvgIpc) is 2.35. The molecule has 1 heterocycles. The Morgan fingerprint density at radius 1 is 1.32 bits per heavy atom. The quantitative estimate of drug-likeness (QED) is 0.707. The van der Waals surface area contributed by atoms with Gasteiger partial charge in [0.25, 0.3) is 0 Å². The van der Waals surface area contributed by atoms with E-state index in [1.807, 2.05) is 12.1 Å². The van der Waals surface area contributed by atoms with Crippen molar-refractivity contribution in [1.82, 2.24) is 4.90 Å². The van der Waals surface area contributed by atoms with Crippen LogP contribution in [0.25, 0.3) is 0 Å². The number of benzene rings is 1. The third kappa shape index (κ3) is 5.39. The molecular formula is C14H18Cl2NO2-. The SMILES string of the molecule is CN1CCC(OC(=O)Cc2ccc(Cl)cc2)CC1.[Cl-]. The molecule has 5 heteroatoms. The summed E-state index contributed by atoms with van der Waals surface area (Å²) in [6.45, 7) is 2.00. The minimum atomic E-state index is -0.146. The summed E-state index contributed by atoms with van der Waals surface area (Å²) in [6.07, 6.45) is 2.27. The second-order valence-corrected chi connectivity index (χ2v) is 5.23. The van der Waals surface area contributed by atoms with E-state index in [2.05, 4.69) is 11.9 Å². The summed E-state index contributed by atoms with van der Waals surface area (Å²) in [6, 6.07) is 7.30. The highest BCUT2D eigenvalue weighted by atomic mass is 35.5. The fraction of sp³-hybridized carbons (Fsp3) is 0.500. The molecule has 1 fully saturated rings. The van der Waals surface area contributed by atoms with Gasteiger partial charge in [-0.05, 0) is 37.6 Å². The second kappa shape index (κ2) is 7.73. The number of ether oxygens (including phenoxy) is 1. The smallest absolute Gasteiger partial charge is 0.310 e. The Bertz CT molecular complexity index is 400. The first-order valence-corrected chi connectivity index (χ1v) is 6.64. The normalized spacial score (nSPS) is 16.7. The fourth-order valence-electron chi connectivity index (χ4n) is 2.10. The summed E-state index contributed by atoms with van der Waals surface area (Å²) >= 11 is 5.80. The van der Waals surface area contributed by atoms with Crippen molar-refractivity contribution in [2.24, 2.45) is 0 Å². The van der Waals surface area contributed by atoms with Gasteiger partial charge >= 0.3 is 5.97 Å². The molecule has 0 N–H and O–H groups in total. The van der Waals surface area contributed by atoms with Gasteiger partial charge in [-0.3, -0.25) is 4.79 Å². The number of esters is 1. The third-order valence-electron chi connectivity index (χ3n) is 3.23. The molecule has 0 unspecified atom stereocenters. The van der Waals surface area contributed by atoms with E-state index < -0.39 is 0 Å². The van der Waals surface area contributed by atoms with E-state index in [0.29, 0.717) is 11.4 Å². The molecule has 3 nitrogen and oxygen atoms in total. The maximum atomic E-state index is 11.8. The van der Waals surface area contributed by atoms with Crippen LogP contribution < -0.4 is 12.4 Å². The van der Waals surface area contributed by atoms with E-state index in [9.17, 15) is 4.79 Å². The highest BCUT2D eigenvalue weighted by Crippen LogP contribution is 2.14. The average molecular weight is 303 g/mol. The summed E-state index contributed by atoms with van der Waals surface area (Å²) < 4.78 is 5.48. The van der Waals surface area contributed by atoms with Gasteiger partial charge in [-0.2, -0.15) is 0 Å². The number of nitrogens with zero attached hydrogens (tertiary/aromatic N) is 1. The summed E-state index contributed by atoms with van der Waals surface area (Å²) in [5.41, 5.74) is 0.942. The highest BCUT2D eigenvalue weighted by molar-refractivity contribution is 6.30. The van der Waals surface area contributed by atoms with Crippen LogP contribution in [-0.4, -0.2) is 37.1 Å². The topological polar surface area (TPSA) is 29.5 Å². The van der Waals surface area contributed by atoms with Crippen molar-refractivity contribution in [3.63, 3.8) is 0 Å². The molecule has 19 heavy (non-hydrogen) atoms. The first-order valence-electron chi connectivity index (χ1n) is 6.26. The Kier molecular flexibility index (Phi) is 6.63. The van der Waals surface area contributed by atoms with E-state index in [0.717, 1.165) is 31.5 Å². The number of carbonyl (C=O) groups is 1. The number of piperidine rings is 1. The lowest BCUT2D eigenvalue weighted by Gasteiger charge is -2.28. The molecule has 1 aliphatic heterocycles. The standard InChI is InChI=1S/C14H18ClNO2.ClH/c1-16-8-6-13(7-9-16)18-14(17)10-11-2-4-12(15)5-3-11;/h2-5,13H,6-10H2,1H3;1H/p-1. The first kappa shape index (κ1) is 16.3. The van der Waals surface area contributed by atoms with Crippen LogP contribution in [0, 0.1) is 0 Å². The molecule has 0 aromatic heterocycles. The molecule has 0 bridgehead atoms. The van der Waals surface area contributed by atoms with Gasteiger partial charge in [0.1, 0.15) is 6.10 Å². The lowest BCUT2D eigenvalue weighted by Crippen LogP contribution is -3.00. The van der Waals surface area contributed by atoms with Crippen LogP contribution in [0.3, 0.4) is 0 Å². The summed E-state index contributed by atoms with van der Waals surface area (Å²) in [7, 11) is 2.09. The molecule has 1 aliphatic rings. The molecule has 1 aromatic rings. The number of likely N-dealkylation sites (tertiary alicyclic amines) is 1. The van der Waals surface area contributed by atoms with Gasteiger partial charge in [0.05, 0.1) is 6.42 Å². The van der Waals surface area contributed by atoms with Gasteiger partial charge < -0.3 is 22.0 Å². The molecule has 0 aliphatic carbocycles. The largest absolute Gasteiger partial charge is 1.00 e. The predicted molar refractivity (Wildman–Crippen MR) is 71.8 cm³/mol. The molecule has 0 radical (unpaired) electrons. The number of carbonyl (C=O) groups excluding carboxylic acids is 1.